The summed E-state index contributed by atoms with van der Waals surface area (Å²) in [6.07, 6.45) is 3.27. The Kier molecular flexibility index (Phi) is 9.65. The predicted octanol–water partition coefficient (Wildman–Crippen LogP) is 2.85. The van der Waals surface area contributed by atoms with Gasteiger partial charge in [-0.25, -0.2) is 0 Å². The molecule has 0 radical (unpaired) electrons. The lowest BCUT2D eigenvalue weighted by Gasteiger charge is -2.36. The molecule has 2 heterocycles. The predicted molar refractivity (Wildman–Crippen MR) is 116 cm³/mol. The Labute approximate surface area is 178 Å². The fourth-order valence-corrected chi connectivity index (χ4v) is 3.57. The molecule has 1 aliphatic heterocycles. The molecule has 0 bridgehead atoms. The van der Waals surface area contributed by atoms with Gasteiger partial charge in [-0.2, -0.15) is 0 Å². The molecule has 2 aromatic rings. The Hall–Kier alpha value is -1.89. The first-order valence-electron chi connectivity index (χ1n) is 9.24. The van der Waals surface area contributed by atoms with E-state index in [2.05, 4.69) is 10.3 Å². The first-order chi connectivity index (χ1) is 12.6. The second-order valence-electron chi connectivity index (χ2n) is 6.82. The van der Waals surface area contributed by atoms with Crippen molar-refractivity contribution in [2.45, 2.75) is 38.6 Å². The summed E-state index contributed by atoms with van der Waals surface area (Å²) in [6.45, 7) is 3.43. The molecule has 1 aromatic carbocycles. The van der Waals surface area contributed by atoms with Crippen LogP contribution >= 0.6 is 24.8 Å². The van der Waals surface area contributed by atoms with E-state index in [-0.39, 0.29) is 42.7 Å². The molecule has 1 aromatic heterocycles. The number of nitrogens with zero attached hydrogens (tertiary/aromatic N) is 2. The maximum Gasteiger partial charge on any atom is 0.254 e. The SMILES string of the molecule is Cc1cc(C(=O)N2CCCCC2CNC(=O)CCN)c2ccccc2n1.Cl.Cl. The molecule has 1 unspecified atom stereocenters. The van der Waals surface area contributed by atoms with Gasteiger partial charge in [0.05, 0.1) is 11.1 Å². The molecule has 154 valence electrons. The van der Waals surface area contributed by atoms with E-state index in [0.717, 1.165) is 35.9 Å². The molecule has 0 saturated carbocycles. The molecule has 8 heteroatoms. The molecule has 2 amide bonds. The molecule has 0 spiro atoms. The Morgan fingerprint density at radius 3 is 2.75 bits per heavy atom. The van der Waals surface area contributed by atoms with Gasteiger partial charge in [0, 0.05) is 43.2 Å². The van der Waals surface area contributed by atoms with Gasteiger partial charge in [-0.1, -0.05) is 18.2 Å². The summed E-state index contributed by atoms with van der Waals surface area (Å²) in [7, 11) is 0. The third-order valence-electron chi connectivity index (χ3n) is 4.87. The normalized spacial score (nSPS) is 16.1. The summed E-state index contributed by atoms with van der Waals surface area (Å²) in [5, 5.41) is 3.79. The number of piperidine rings is 1. The maximum absolute atomic E-state index is 13.3. The third-order valence-corrected chi connectivity index (χ3v) is 4.87. The van der Waals surface area contributed by atoms with Crippen LogP contribution in [0.2, 0.25) is 0 Å². The van der Waals surface area contributed by atoms with Crippen molar-refractivity contribution in [2.75, 3.05) is 19.6 Å². The third kappa shape index (κ3) is 5.56. The van der Waals surface area contributed by atoms with Gasteiger partial charge in [-0.3, -0.25) is 14.6 Å². The largest absolute Gasteiger partial charge is 0.354 e. The van der Waals surface area contributed by atoms with E-state index in [9.17, 15) is 9.59 Å². The second-order valence-corrected chi connectivity index (χ2v) is 6.82. The van der Waals surface area contributed by atoms with Crippen LogP contribution in [0.1, 0.15) is 41.7 Å². The average Bonchev–Trinajstić information content (AvgIpc) is 2.65. The van der Waals surface area contributed by atoms with E-state index in [1.807, 2.05) is 42.2 Å². The van der Waals surface area contributed by atoms with Crippen LogP contribution in [0.25, 0.3) is 10.9 Å². The second kappa shape index (κ2) is 11.2. The molecule has 28 heavy (non-hydrogen) atoms. The summed E-state index contributed by atoms with van der Waals surface area (Å²) in [4.78, 5) is 31.5. The first-order valence-corrected chi connectivity index (χ1v) is 9.24. The number of nitrogens with two attached hydrogens (primary N) is 1. The van der Waals surface area contributed by atoms with Gasteiger partial charge in [-0.15, -0.1) is 24.8 Å². The summed E-state index contributed by atoms with van der Waals surface area (Å²) in [5.41, 5.74) is 7.78. The molecule has 1 fully saturated rings. The number of hydrogen-bond acceptors (Lipinski definition) is 4. The van der Waals surface area contributed by atoms with Crippen molar-refractivity contribution in [3.05, 3.63) is 41.6 Å². The van der Waals surface area contributed by atoms with Crippen molar-refractivity contribution < 1.29 is 9.59 Å². The molecule has 6 nitrogen and oxygen atoms in total. The number of hydrogen-bond donors (Lipinski definition) is 2. The van der Waals surface area contributed by atoms with E-state index in [4.69, 9.17) is 5.73 Å². The van der Waals surface area contributed by atoms with Crippen molar-refractivity contribution >= 4 is 47.5 Å². The Morgan fingerprint density at radius 2 is 2.00 bits per heavy atom. The molecular weight excluding hydrogens is 399 g/mol. The van der Waals surface area contributed by atoms with Crippen LogP contribution < -0.4 is 11.1 Å². The lowest BCUT2D eigenvalue weighted by atomic mass is 9.99. The summed E-state index contributed by atoms with van der Waals surface area (Å²) >= 11 is 0. The number of para-hydroxylation sites is 1. The zero-order chi connectivity index (χ0) is 18.5. The van der Waals surface area contributed by atoms with Gasteiger partial charge in [-0.05, 0) is 38.3 Å². The lowest BCUT2D eigenvalue weighted by Crippen LogP contribution is -2.49. The fraction of sp³-hybridized carbons (Fsp3) is 0.450. The number of likely N-dealkylation sites (tertiary alicyclic amines) is 1. The van der Waals surface area contributed by atoms with Crippen molar-refractivity contribution in [3.63, 3.8) is 0 Å². The van der Waals surface area contributed by atoms with Crippen molar-refractivity contribution in [1.29, 1.82) is 0 Å². The van der Waals surface area contributed by atoms with Crippen LogP contribution in [0, 0.1) is 6.92 Å². The van der Waals surface area contributed by atoms with E-state index >= 15 is 0 Å². The summed E-state index contributed by atoms with van der Waals surface area (Å²) in [6, 6.07) is 9.61. The average molecular weight is 427 g/mol. The number of nitrogens with one attached hydrogen (secondary N) is 1. The van der Waals surface area contributed by atoms with Gasteiger partial charge >= 0.3 is 0 Å². The lowest BCUT2D eigenvalue weighted by molar-refractivity contribution is -0.121. The molecular formula is C20H28Cl2N4O2. The van der Waals surface area contributed by atoms with Gasteiger partial charge in [0.25, 0.3) is 5.91 Å². The van der Waals surface area contributed by atoms with Crippen LogP contribution in [0.5, 0.6) is 0 Å². The van der Waals surface area contributed by atoms with Crippen LogP contribution in [0.3, 0.4) is 0 Å². The fourth-order valence-electron chi connectivity index (χ4n) is 3.57. The number of carbonyl (C=O) groups is 2. The van der Waals surface area contributed by atoms with Crippen molar-refractivity contribution in [1.82, 2.24) is 15.2 Å². The highest BCUT2D eigenvalue weighted by atomic mass is 35.5. The highest BCUT2D eigenvalue weighted by Gasteiger charge is 2.28. The maximum atomic E-state index is 13.3. The van der Waals surface area contributed by atoms with E-state index < -0.39 is 0 Å². The first kappa shape index (κ1) is 24.1. The Balaban J connectivity index is 0.00000196. The number of fused-ring (bicyclic) bond motifs is 1. The van der Waals surface area contributed by atoms with Crippen LogP contribution in [-0.2, 0) is 4.79 Å². The minimum Gasteiger partial charge on any atom is -0.354 e. The van der Waals surface area contributed by atoms with Crippen molar-refractivity contribution in [2.24, 2.45) is 5.73 Å². The summed E-state index contributed by atoms with van der Waals surface area (Å²) < 4.78 is 0. The zero-order valence-corrected chi connectivity index (χ0v) is 17.7. The highest BCUT2D eigenvalue weighted by molar-refractivity contribution is 6.06. The van der Waals surface area contributed by atoms with Gasteiger partial charge < -0.3 is 16.0 Å². The van der Waals surface area contributed by atoms with Gasteiger partial charge in [0.2, 0.25) is 5.91 Å². The van der Waals surface area contributed by atoms with Crippen LogP contribution in [0.15, 0.2) is 30.3 Å². The number of halogens is 2. The number of pyridine rings is 1. The number of rotatable bonds is 5. The van der Waals surface area contributed by atoms with E-state index in [0.29, 0.717) is 31.6 Å². The number of aryl methyl sites for hydroxylation is 1. The summed E-state index contributed by atoms with van der Waals surface area (Å²) in [5.74, 6) is -0.0415. The quantitative estimate of drug-likeness (QED) is 0.768. The molecule has 3 rings (SSSR count). The minimum absolute atomic E-state index is 0. The standard InChI is InChI=1S/C20H26N4O2.2ClH/c1-14-12-17(16-7-2-3-8-18(16)23-14)20(26)24-11-5-4-6-15(24)13-22-19(25)9-10-21;;/h2-3,7-8,12,15H,4-6,9-11,13,21H2,1H3,(H,22,25);2*1H. The van der Waals surface area contributed by atoms with Crippen molar-refractivity contribution in [3.8, 4) is 0 Å². The number of aromatic nitrogens is 1. The topological polar surface area (TPSA) is 88.3 Å². The molecule has 1 saturated heterocycles. The van der Waals surface area contributed by atoms with Gasteiger partial charge in [0.15, 0.2) is 0 Å². The molecule has 1 aliphatic rings. The van der Waals surface area contributed by atoms with E-state index in [1.165, 1.54) is 0 Å². The Bertz CT molecular complexity index is 816. The monoisotopic (exact) mass is 426 g/mol. The van der Waals surface area contributed by atoms with Crippen LogP contribution in [-0.4, -0.2) is 47.4 Å². The number of amides is 2. The number of carbonyl (C=O) groups excluding carboxylic acids is 2. The Morgan fingerprint density at radius 1 is 1.25 bits per heavy atom. The minimum atomic E-state index is -0.0596. The number of benzene rings is 1. The molecule has 0 aliphatic carbocycles. The van der Waals surface area contributed by atoms with Crippen LogP contribution in [0.4, 0.5) is 0 Å². The smallest absolute Gasteiger partial charge is 0.254 e. The van der Waals surface area contributed by atoms with E-state index in [1.54, 1.807) is 0 Å². The molecule has 1 atom stereocenters. The zero-order valence-electron chi connectivity index (χ0n) is 16.0. The van der Waals surface area contributed by atoms with Gasteiger partial charge in [0.1, 0.15) is 0 Å². The molecule has 3 N–H and O–H groups in total. The highest BCUT2D eigenvalue weighted by Crippen LogP contribution is 2.24.